The number of alkyl halides is 3. The van der Waals surface area contributed by atoms with Gasteiger partial charge in [-0.05, 0) is 11.6 Å². The number of rotatable bonds is 4. The molecule has 0 saturated heterocycles. The summed E-state index contributed by atoms with van der Waals surface area (Å²) in [6.45, 7) is 0. The second kappa shape index (κ2) is 6.26. The summed E-state index contributed by atoms with van der Waals surface area (Å²) < 4.78 is 29.6. The first-order chi connectivity index (χ1) is 8.53. The zero-order chi connectivity index (χ0) is 13.7. The third-order valence-corrected chi connectivity index (χ3v) is 2.53. The molecule has 0 saturated carbocycles. The van der Waals surface area contributed by atoms with E-state index in [-0.39, 0.29) is 29.1 Å². The standard InChI is InChI=1S/C11H9ClF2N2O2/c1-18-10(17)3-6-2-8(11(13)14)16-9(5-15)7(6)4-12/h2,11H,3-4H2,1H3. The maximum absolute atomic E-state index is 12.6. The molecule has 0 aliphatic heterocycles. The Bertz CT molecular complexity index is 501. The van der Waals surface area contributed by atoms with Gasteiger partial charge in [0.15, 0.2) is 0 Å². The monoisotopic (exact) mass is 274 g/mol. The lowest BCUT2D eigenvalue weighted by atomic mass is 10.0. The molecule has 0 aliphatic rings. The van der Waals surface area contributed by atoms with Gasteiger partial charge in [-0.3, -0.25) is 4.79 Å². The van der Waals surface area contributed by atoms with Crippen molar-refractivity contribution in [3.05, 3.63) is 28.6 Å². The van der Waals surface area contributed by atoms with E-state index in [1.807, 2.05) is 0 Å². The lowest BCUT2D eigenvalue weighted by Crippen LogP contribution is -2.10. The topological polar surface area (TPSA) is 63.0 Å². The molecule has 0 aliphatic carbocycles. The highest BCUT2D eigenvalue weighted by Gasteiger charge is 2.18. The van der Waals surface area contributed by atoms with Crippen molar-refractivity contribution in [3.63, 3.8) is 0 Å². The number of carbonyl (C=O) groups excluding carboxylic acids is 1. The SMILES string of the molecule is COC(=O)Cc1cc(C(F)F)nc(C#N)c1CCl. The van der Waals surface area contributed by atoms with Gasteiger partial charge in [0, 0.05) is 5.56 Å². The van der Waals surface area contributed by atoms with Crippen LogP contribution in [-0.4, -0.2) is 18.1 Å². The van der Waals surface area contributed by atoms with E-state index in [0.29, 0.717) is 0 Å². The Kier molecular flexibility index (Phi) is 4.98. The molecule has 7 heteroatoms. The molecule has 1 heterocycles. The zero-order valence-corrected chi connectivity index (χ0v) is 10.2. The van der Waals surface area contributed by atoms with Crippen molar-refractivity contribution >= 4 is 17.6 Å². The number of nitriles is 1. The maximum Gasteiger partial charge on any atom is 0.309 e. The summed E-state index contributed by atoms with van der Waals surface area (Å²) in [5.41, 5.74) is -0.242. The number of aromatic nitrogens is 1. The Morgan fingerprint density at radius 1 is 1.67 bits per heavy atom. The molecule has 0 aromatic carbocycles. The molecular weight excluding hydrogens is 266 g/mol. The largest absolute Gasteiger partial charge is 0.469 e. The fourth-order valence-corrected chi connectivity index (χ4v) is 1.68. The zero-order valence-electron chi connectivity index (χ0n) is 9.41. The van der Waals surface area contributed by atoms with E-state index in [1.165, 1.54) is 7.11 Å². The smallest absolute Gasteiger partial charge is 0.309 e. The quantitative estimate of drug-likeness (QED) is 0.624. The van der Waals surface area contributed by atoms with Gasteiger partial charge in [0.1, 0.15) is 17.5 Å². The van der Waals surface area contributed by atoms with Crippen LogP contribution in [-0.2, 0) is 21.8 Å². The number of halogens is 3. The van der Waals surface area contributed by atoms with Crippen molar-refractivity contribution < 1.29 is 18.3 Å². The molecule has 1 aromatic rings. The first-order valence-corrected chi connectivity index (χ1v) is 5.40. The number of methoxy groups -OCH3 is 1. The van der Waals surface area contributed by atoms with Crippen LogP contribution in [0.4, 0.5) is 8.78 Å². The van der Waals surface area contributed by atoms with E-state index in [1.54, 1.807) is 6.07 Å². The van der Waals surface area contributed by atoms with Crippen LogP contribution in [0.2, 0.25) is 0 Å². The summed E-state index contributed by atoms with van der Waals surface area (Å²) in [4.78, 5) is 14.7. The van der Waals surface area contributed by atoms with Gasteiger partial charge in [-0.25, -0.2) is 13.8 Å². The van der Waals surface area contributed by atoms with Crippen LogP contribution in [0.1, 0.15) is 28.9 Å². The van der Waals surface area contributed by atoms with Gasteiger partial charge in [0.25, 0.3) is 6.43 Å². The Labute approximate surface area is 107 Å². The predicted molar refractivity (Wildman–Crippen MR) is 59.2 cm³/mol. The van der Waals surface area contributed by atoms with Crippen LogP contribution in [0, 0.1) is 11.3 Å². The van der Waals surface area contributed by atoms with Crippen LogP contribution >= 0.6 is 11.6 Å². The highest BCUT2D eigenvalue weighted by Crippen LogP contribution is 2.23. The molecule has 1 aromatic heterocycles. The highest BCUT2D eigenvalue weighted by atomic mass is 35.5. The second-order valence-corrected chi connectivity index (χ2v) is 3.60. The van der Waals surface area contributed by atoms with E-state index in [0.717, 1.165) is 6.07 Å². The summed E-state index contributed by atoms with van der Waals surface area (Å²) in [5, 5.41) is 8.84. The molecule has 0 bridgehead atoms. The van der Waals surface area contributed by atoms with Crippen LogP contribution in [0.3, 0.4) is 0 Å². The highest BCUT2D eigenvalue weighted by molar-refractivity contribution is 6.17. The number of hydrogen-bond acceptors (Lipinski definition) is 4. The minimum Gasteiger partial charge on any atom is -0.469 e. The van der Waals surface area contributed by atoms with Crippen molar-refractivity contribution in [2.75, 3.05) is 7.11 Å². The lowest BCUT2D eigenvalue weighted by Gasteiger charge is -2.10. The minimum atomic E-state index is -2.82. The number of carbonyl (C=O) groups is 1. The molecule has 0 spiro atoms. The second-order valence-electron chi connectivity index (χ2n) is 3.33. The Morgan fingerprint density at radius 3 is 2.78 bits per heavy atom. The minimum absolute atomic E-state index is 0.0915. The molecule has 0 fully saturated rings. The maximum atomic E-state index is 12.6. The normalized spacial score (nSPS) is 10.2. The Balaban J connectivity index is 3.32. The van der Waals surface area contributed by atoms with Gasteiger partial charge in [-0.15, -0.1) is 11.6 Å². The third-order valence-electron chi connectivity index (χ3n) is 2.26. The van der Waals surface area contributed by atoms with E-state index < -0.39 is 18.1 Å². The van der Waals surface area contributed by atoms with Crippen LogP contribution in [0.15, 0.2) is 6.07 Å². The summed E-state index contributed by atoms with van der Waals surface area (Å²) in [6.07, 6.45) is -3.05. The molecule has 0 N–H and O–H groups in total. The summed E-state index contributed by atoms with van der Waals surface area (Å²) in [5.74, 6) is -0.692. The summed E-state index contributed by atoms with van der Waals surface area (Å²) >= 11 is 5.64. The number of ether oxygens (including phenoxy) is 1. The Morgan fingerprint density at radius 2 is 2.33 bits per heavy atom. The first-order valence-electron chi connectivity index (χ1n) is 4.87. The van der Waals surface area contributed by atoms with E-state index in [4.69, 9.17) is 16.9 Å². The number of hydrogen-bond donors (Lipinski definition) is 0. The number of nitrogens with zero attached hydrogens (tertiary/aromatic N) is 2. The molecule has 96 valence electrons. The van der Waals surface area contributed by atoms with Crippen molar-refractivity contribution in [1.82, 2.24) is 4.98 Å². The molecule has 1 rings (SSSR count). The van der Waals surface area contributed by atoms with Crippen molar-refractivity contribution in [2.45, 2.75) is 18.7 Å². The number of pyridine rings is 1. The lowest BCUT2D eigenvalue weighted by molar-refractivity contribution is -0.139. The molecular formula is C11H9ClF2N2O2. The van der Waals surface area contributed by atoms with Gasteiger partial charge >= 0.3 is 5.97 Å². The predicted octanol–water partition coefficient (Wildman–Crippen LogP) is 2.35. The average molecular weight is 275 g/mol. The van der Waals surface area contributed by atoms with Crippen LogP contribution in [0.5, 0.6) is 0 Å². The van der Waals surface area contributed by atoms with E-state index in [9.17, 15) is 13.6 Å². The van der Waals surface area contributed by atoms with Crippen LogP contribution in [0.25, 0.3) is 0 Å². The van der Waals surface area contributed by atoms with Gasteiger partial charge in [-0.1, -0.05) is 0 Å². The number of esters is 1. The third kappa shape index (κ3) is 3.14. The van der Waals surface area contributed by atoms with Crippen molar-refractivity contribution in [3.8, 4) is 6.07 Å². The van der Waals surface area contributed by atoms with E-state index >= 15 is 0 Å². The fourth-order valence-electron chi connectivity index (χ4n) is 1.39. The molecule has 18 heavy (non-hydrogen) atoms. The molecule has 0 unspecified atom stereocenters. The van der Waals surface area contributed by atoms with Crippen LogP contribution < -0.4 is 0 Å². The van der Waals surface area contributed by atoms with Gasteiger partial charge in [-0.2, -0.15) is 5.26 Å². The Hall–Kier alpha value is -1.74. The molecule has 0 amide bonds. The molecule has 0 atom stereocenters. The molecule has 0 radical (unpaired) electrons. The fraction of sp³-hybridized carbons (Fsp3) is 0.364. The van der Waals surface area contributed by atoms with Gasteiger partial charge < -0.3 is 4.74 Å². The van der Waals surface area contributed by atoms with Gasteiger partial charge in [0.05, 0.1) is 19.4 Å². The van der Waals surface area contributed by atoms with Gasteiger partial charge in [0.2, 0.25) is 0 Å². The summed E-state index contributed by atoms with van der Waals surface area (Å²) in [7, 11) is 1.18. The first kappa shape index (κ1) is 14.3. The average Bonchev–Trinajstić information content (AvgIpc) is 2.37. The van der Waals surface area contributed by atoms with E-state index in [2.05, 4.69) is 9.72 Å². The van der Waals surface area contributed by atoms with Crippen molar-refractivity contribution in [2.24, 2.45) is 0 Å². The summed E-state index contributed by atoms with van der Waals surface area (Å²) in [6, 6.07) is 2.76. The van der Waals surface area contributed by atoms with Crippen molar-refractivity contribution in [1.29, 1.82) is 5.26 Å². The molecule has 4 nitrogen and oxygen atoms in total.